The summed E-state index contributed by atoms with van der Waals surface area (Å²) < 4.78 is 6.30. The molecule has 3 rings (SSSR count). The quantitative estimate of drug-likeness (QED) is 0.673. The molecule has 5 heteroatoms. The van der Waals surface area contributed by atoms with Crippen LogP contribution in [0.4, 0.5) is 0 Å². The summed E-state index contributed by atoms with van der Waals surface area (Å²) in [7, 11) is 0. The maximum Gasteiger partial charge on any atom is 0.246 e. The molecule has 0 bridgehead atoms. The van der Waals surface area contributed by atoms with E-state index in [0.717, 1.165) is 0 Å². The third-order valence-corrected chi connectivity index (χ3v) is 2.73. The van der Waals surface area contributed by atoms with E-state index in [0.29, 0.717) is 16.8 Å². The summed E-state index contributed by atoms with van der Waals surface area (Å²) >= 11 is 0. The number of rotatable bonds is 1. The fourth-order valence-corrected chi connectivity index (χ4v) is 1.92. The number of benzene rings is 1. The summed E-state index contributed by atoms with van der Waals surface area (Å²) in [5.74, 6) is -0.216. The van der Waals surface area contributed by atoms with E-state index in [2.05, 4.69) is 5.16 Å². The van der Waals surface area contributed by atoms with Gasteiger partial charge in [0.15, 0.2) is 0 Å². The molecule has 2 N–H and O–H groups in total. The first-order chi connectivity index (χ1) is 8.20. The number of aromatic hydroxyl groups is 2. The molecule has 5 nitrogen and oxygen atoms in total. The summed E-state index contributed by atoms with van der Waals surface area (Å²) in [5, 5.41) is 24.2. The van der Waals surface area contributed by atoms with Crippen LogP contribution in [-0.2, 0) is 0 Å². The van der Waals surface area contributed by atoms with Gasteiger partial charge >= 0.3 is 0 Å². The lowest BCUT2D eigenvalue weighted by Gasteiger charge is -2.05. The van der Waals surface area contributed by atoms with Crippen LogP contribution in [0.1, 0.15) is 5.69 Å². The molecule has 86 valence electrons. The number of nitrogens with zero attached hydrogens (tertiary/aromatic N) is 2. The molecular formula is C12H10N2O3. The molecule has 0 saturated carbocycles. The number of aromatic nitrogens is 2. The number of aryl methyl sites for hydroxylation is 1. The Morgan fingerprint density at radius 2 is 1.82 bits per heavy atom. The second-order valence-corrected chi connectivity index (χ2v) is 3.79. The van der Waals surface area contributed by atoms with Crippen LogP contribution in [0.25, 0.3) is 16.7 Å². The highest BCUT2D eigenvalue weighted by molar-refractivity contribution is 5.91. The zero-order valence-electron chi connectivity index (χ0n) is 9.08. The molecule has 0 aliphatic heterocycles. The van der Waals surface area contributed by atoms with Crippen molar-refractivity contribution in [2.24, 2.45) is 0 Å². The van der Waals surface area contributed by atoms with Gasteiger partial charge in [-0.1, -0.05) is 23.4 Å². The Hall–Kier alpha value is -2.43. The predicted molar refractivity (Wildman–Crippen MR) is 61.4 cm³/mol. The van der Waals surface area contributed by atoms with Gasteiger partial charge in [0.05, 0.1) is 11.4 Å². The second kappa shape index (κ2) is 3.28. The molecule has 0 saturated heterocycles. The van der Waals surface area contributed by atoms with Crippen LogP contribution in [0.3, 0.4) is 0 Å². The molecule has 17 heavy (non-hydrogen) atoms. The SMILES string of the molecule is Cc1noc2c(O)n(-c3ccccc3)c(O)c12. The van der Waals surface area contributed by atoms with Gasteiger partial charge < -0.3 is 14.7 Å². The monoisotopic (exact) mass is 230 g/mol. The van der Waals surface area contributed by atoms with Crippen molar-refractivity contribution < 1.29 is 14.7 Å². The molecule has 0 aliphatic carbocycles. The molecule has 0 fully saturated rings. The molecule has 1 aromatic carbocycles. The molecule has 0 unspecified atom stereocenters. The Morgan fingerprint density at radius 3 is 2.47 bits per heavy atom. The van der Waals surface area contributed by atoms with E-state index in [9.17, 15) is 10.2 Å². The minimum Gasteiger partial charge on any atom is -0.494 e. The van der Waals surface area contributed by atoms with Crippen molar-refractivity contribution in [2.45, 2.75) is 6.92 Å². The van der Waals surface area contributed by atoms with E-state index >= 15 is 0 Å². The zero-order chi connectivity index (χ0) is 12.0. The Labute approximate surface area is 96.5 Å². The van der Waals surface area contributed by atoms with Gasteiger partial charge in [0, 0.05) is 0 Å². The molecule has 0 spiro atoms. The number of hydrogen-bond acceptors (Lipinski definition) is 4. The van der Waals surface area contributed by atoms with Crippen molar-refractivity contribution in [3.63, 3.8) is 0 Å². The van der Waals surface area contributed by atoms with Crippen LogP contribution >= 0.6 is 0 Å². The highest BCUT2D eigenvalue weighted by Crippen LogP contribution is 2.40. The average Bonchev–Trinajstić information content (AvgIpc) is 2.82. The number of fused-ring (bicyclic) bond motifs is 1. The van der Waals surface area contributed by atoms with Gasteiger partial charge in [-0.3, -0.25) is 0 Å². The molecule has 3 aromatic rings. The average molecular weight is 230 g/mol. The molecule has 0 atom stereocenters. The lowest BCUT2D eigenvalue weighted by atomic mass is 10.3. The minimum absolute atomic E-state index is 0.0672. The van der Waals surface area contributed by atoms with E-state index < -0.39 is 0 Å². The lowest BCUT2D eigenvalue weighted by molar-refractivity contribution is 0.385. The van der Waals surface area contributed by atoms with Crippen LogP contribution < -0.4 is 0 Å². The van der Waals surface area contributed by atoms with E-state index in [1.807, 2.05) is 18.2 Å². The van der Waals surface area contributed by atoms with E-state index in [-0.39, 0.29) is 17.3 Å². The number of para-hydroxylation sites is 1. The first kappa shape index (κ1) is 9.77. The fourth-order valence-electron chi connectivity index (χ4n) is 1.92. The first-order valence-electron chi connectivity index (χ1n) is 5.14. The van der Waals surface area contributed by atoms with Crippen molar-refractivity contribution in [1.82, 2.24) is 9.72 Å². The Kier molecular flexibility index (Phi) is 1.89. The van der Waals surface area contributed by atoms with Crippen molar-refractivity contribution in [2.75, 3.05) is 0 Å². The van der Waals surface area contributed by atoms with Crippen molar-refractivity contribution in [3.8, 4) is 17.4 Å². The largest absolute Gasteiger partial charge is 0.494 e. The Bertz CT molecular complexity index is 683. The van der Waals surface area contributed by atoms with Crippen LogP contribution in [0.5, 0.6) is 11.8 Å². The Balaban J connectivity index is 2.38. The van der Waals surface area contributed by atoms with Gasteiger partial charge in [-0.05, 0) is 19.1 Å². The van der Waals surface area contributed by atoms with E-state index in [1.54, 1.807) is 19.1 Å². The standard InChI is InChI=1S/C12H10N2O3/c1-7-9-10(17-13-7)12(16)14(11(9)15)8-5-3-2-4-6-8/h2-6,15-16H,1H3. The molecule has 0 radical (unpaired) electrons. The normalized spacial score (nSPS) is 11.1. The highest BCUT2D eigenvalue weighted by Gasteiger charge is 2.23. The van der Waals surface area contributed by atoms with Crippen molar-refractivity contribution >= 4 is 11.0 Å². The fraction of sp³-hybridized carbons (Fsp3) is 0.0833. The van der Waals surface area contributed by atoms with Gasteiger partial charge in [0.2, 0.25) is 17.3 Å². The van der Waals surface area contributed by atoms with Crippen LogP contribution in [-0.4, -0.2) is 19.9 Å². The van der Waals surface area contributed by atoms with Crippen LogP contribution in [0.2, 0.25) is 0 Å². The number of hydrogen-bond donors (Lipinski definition) is 2. The topological polar surface area (TPSA) is 71.4 Å². The predicted octanol–water partition coefficient (Wildman–Crippen LogP) is 2.34. The van der Waals surface area contributed by atoms with Gasteiger partial charge in [-0.25, -0.2) is 4.57 Å². The first-order valence-corrected chi connectivity index (χ1v) is 5.14. The molecule has 0 amide bonds. The summed E-state index contributed by atoms with van der Waals surface area (Å²) in [6.07, 6.45) is 0. The van der Waals surface area contributed by atoms with Crippen LogP contribution in [0.15, 0.2) is 34.9 Å². The van der Waals surface area contributed by atoms with E-state index in [1.165, 1.54) is 4.57 Å². The summed E-state index contributed by atoms with van der Waals surface area (Å²) in [6, 6.07) is 9.06. The summed E-state index contributed by atoms with van der Waals surface area (Å²) in [6.45, 7) is 1.71. The zero-order valence-corrected chi connectivity index (χ0v) is 9.08. The van der Waals surface area contributed by atoms with Gasteiger partial charge in [-0.15, -0.1) is 0 Å². The highest BCUT2D eigenvalue weighted by atomic mass is 16.5. The smallest absolute Gasteiger partial charge is 0.246 e. The lowest BCUT2D eigenvalue weighted by Crippen LogP contribution is -1.92. The molecule has 0 aliphatic rings. The maximum absolute atomic E-state index is 10.1. The van der Waals surface area contributed by atoms with Crippen molar-refractivity contribution in [1.29, 1.82) is 0 Å². The molecular weight excluding hydrogens is 220 g/mol. The third-order valence-electron chi connectivity index (χ3n) is 2.73. The maximum atomic E-state index is 10.1. The minimum atomic E-state index is -0.149. The van der Waals surface area contributed by atoms with Gasteiger partial charge in [-0.2, -0.15) is 0 Å². The summed E-state index contributed by atoms with van der Waals surface area (Å²) in [4.78, 5) is 0. The van der Waals surface area contributed by atoms with Crippen molar-refractivity contribution in [3.05, 3.63) is 36.0 Å². The summed E-state index contributed by atoms with van der Waals surface area (Å²) in [5.41, 5.74) is 1.40. The molecule has 2 heterocycles. The van der Waals surface area contributed by atoms with E-state index in [4.69, 9.17) is 4.52 Å². The van der Waals surface area contributed by atoms with Gasteiger partial charge in [0.1, 0.15) is 5.39 Å². The van der Waals surface area contributed by atoms with Gasteiger partial charge in [0.25, 0.3) is 0 Å². The Morgan fingerprint density at radius 1 is 1.12 bits per heavy atom. The third kappa shape index (κ3) is 1.22. The van der Waals surface area contributed by atoms with Crippen LogP contribution in [0, 0.1) is 6.92 Å². The molecule has 2 aromatic heterocycles. The second-order valence-electron chi connectivity index (χ2n) is 3.79.